The van der Waals surface area contributed by atoms with Crippen LogP contribution < -0.4 is 10.1 Å². The van der Waals surface area contributed by atoms with Crippen molar-refractivity contribution in [1.29, 1.82) is 0 Å². The quantitative estimate of drug-likeness (QED) is 0.858. The van der Waals surface area contributed by atoms with Crippen molar-refractivity contribution in [1.82, 2.24) is 10.3 Å². The van der Waals surface area contributed by atoms with Gasteiger partial charge in [-0.15, -0.1) is 0 Å². The Morgan fingerprint density at radius 3 is 2.75 bits per heavy atom. The van der Waals surface area contributed by atoms with Crippen molar-refractivity contribution in [2.75, 3.05) is 6.54 Å². The monoisotopic (exact) mass is 276 g/mol. The summed E-state index contributed by atoms with van der Waals surface area (Å²) in [6.45, 7) is 8.70. The summed E-state index contributed by atoms with van der Waals surface area (Å²) in [5.41, 5.74) is 1.25. The van der Waals surface area contributed by atoms with Crippen LogP contribution in [-0.4, -0.2) is 17.6 Å². The average molecular weight is 276 g/mol. The van der Waals surface area contributed by atoms with Crippen molar-refractivity contribution in [3.63, 3.8) is 0 Å². The second-order valence-corrected chi connectivity index (χ2v) is 6.53. The van der Waals surface area contributed by atoms with E-state index in [-0.39, 0.29) is 0 Å². The van der Waals surface area contributed by atoms with Crippen LogP contribution in [0.2, 0.25) is 0 Å². The zero-order valence-corrected chi connectivity index (χ0v) is 13.1. The number of pyridine rings is 1. The summed E-state index contributed by atoms with van der Waals surface area (Å²) < 4.78 is 6.03. The largest absolute Gasteiger partial charge is 0.474 e. The second kappa shape index (κ2) is 7.63. The lowest BCUT2D eigenvalue weighted by atomic mass is 9.89. The van der Waals surface area contributed by atoms with Gasteiger partial charge in [0.15, 0.2) is 0 Å². The van der Waals surface area contributed by atoms with Crippen LogP contribution >= 0.6 is 0 Å². The summed E-state index contributed by atoms with van der Waals surface area (Å²) in [5, 5.41) is 3.45. The van der Waals surface area contributed by atoms with Crippen molar-refractivity contribution < 1.29 is 4.74 Å². The Labute approximate surface area is 123 Å². The Bertz CT molecular complexity index is 398. The number of ether oxygens (including phenoxy) is 1. The van der Waals surface area contributed by atoms with Crippen LogP contribution in [0, 0.1) is 11.8 Å². The first-order chi connectivity index (χ1) is 9.63. The van der Waals surface area contributed by atoms with Crippen molar-refractivity contribution in [2.45, 2.75) is 59.1 Å². The highest BCUT2D eigenvalue weighted by molar-refractivity contribution is 5.20. The molecule has 1 aromatic heterocycles. The maximum atomic E-state index is 6.03. The van der Waals surface area contributed by atoms with Gasteiger partial charge in [-0.2, -0.15) is 0 Å². The molecule has 1 heterocycles. The highest BCUT2D eigenvalue weighted by atomic mass is 16.5. The first kappa shape index (κ1) is 15.3. The zero-order valence-electron chi connectivity index (χ0n) is 13.1. The van der Waals surface area contributed by atoms with Crippen LogP contribution in [0.4, 0.5) is 0 Å². The fraction of sp³-hybridized carbons (Fsp3) is 0.706. The fourth-order valence-electron chi connectivity index (χ4n) is 2.65. The fourth-order valence-corrected chi connectivity index (χ4v) is 2.65. The molecule has 20 heavy (non-hydrogen) atoms. The maximum Gasteiger partial charge on any atom is 0.213 e. The highest BCUT2D eigenvalue weighted by Gasteiger charge is 2.19. The lowest BCUT2D eigenvalue weighted by Gasteiger charge is -2.26. The minimum absolute atomic E-state index is 0.359. The number of aromatic nitrogens is 1. The third-order valence-electron chi connectivity index (χ3n) is 3.93. The molecule has 1 aromatic rings. The van der Waals surface area contributed by atoms with Crippen molar-refractivity contribution >= 4 is 0 Å². The molecule has 1 fully saturated rings. The Kier molecular flexibility index (Phi) is 5.84. The van der Waals surface area contributed by atoms with Gasteiger partial charge in [-0.05, 0) is 55.7 Å². The van der Waals surface area contributed by atoms with Gasteiger partial charge in [0.1, 0.15) is 6.10 Å². The number of rotatable bonds is 6. The number of hydrogen-bond acceptors (Lipinski definition) is 3. The Morgan fingerprint density at radius 2 is 2.05 bits per heavy atom. The molecule has 0 aromatic carbocycles. The maximum absolute atomic E-state index is 6.03. The molecule has 1 aliphatic rings. The topological polar surface area (TPSA) is 34.2 Å². The molecule has 0 atom stereocenters. The molecular weight excluding hydrogens is 248 g/mol. The van der Waals surface area contributed by atoms with Crippen LogP contribution in [0.1, 0.15) is 52.0 Å². The number of nitrogens with zero attached hydrogens (tertiary/aromatic N) is 1. The van der Waals surface area contributed by atoms with Crippen LogP contribution in [0.5, 0.6) is 5.88 Å². The Balaban J connectivity index is 1.82. The van der Waals surface area contributed by atoms with Gasteiger partial charge in [0.2, 0.25) is 5.88 Å². The first-order valence-electron chi connectivity index (χ1n) is 7.95. The molecule has 3 heteroatoms. The van der Waals surface area contributed by atoms with E-state index in [9.17, 15) is 0 Å². The molecule has 112 valence electrons. The van der Waals surface area contributed by atoms with Gasteiger partial charge in [0.25, 0.3) is 0 Å². The van der Waals surface area contributed by atoms with E-state index >= 15 is 0 Å². The third kappa shape index (κ3) is 5.12. The summed E-state index contributed by atoms with van der Waals surface area (Å²) in [7, 11) is 0. The molecule has 3 nitrogen and oxygen atoms in total. The second-order valence-electron chi connectivity index (χ2n) is 6.53. The van der Waals surface area contributed by atoms with Crippen LogP contribution in [0.15, 0.2) is 18.3 Å². The van der Waals surface area contributed by atoms with Gasteiger partial charge in [0, 0.05) is 18.8 Å². The van der Waals surface area contributed by atoms with E-state index in [0.717, 1.165) is 24.9 Å². The lowest BCUT2D eigenvalue weighted by Crippen LogP contribution is -2.23. The molecule has 1 N–H and O–H groups in total. The average Bonchev–Trinajstić information content (AvgIpc) is 2.41. The van der Waals surface area contributed by atoms with Crippen molar-refractivity contribution in [3.8, 4) is 5.88 Å². The summed E-state index contributed by atoms with van der Waals surface area (Å²) in [6.07, 6.45) is 7.10. The first-order valence-corrected chi connectivity index (χ1v) is 7.95. The minimum Gasteiger partial charge on any atom is -0.474 e. The molecule has 0 radical (unpaired) electrons. The summed E-state index contributed by atoms with van der Waals surface area (Å²) >= 11 is 0. The molecule has 0 saturated heterocycles. The molecular formula is C17H28N2O. The van der Waals surface area contributed by atoms with Gasteiger partial charge in [0.05, 0.1) is 0 Å². The van der Waals surface area contributed by atoms with Crippen molar-refractivity contribution in [3.05, 3.63) is 23.9 Å². The van der Waals surface area contributed by atoms with Gasteiger partial charge in [-0.25, -0.2) is 4.98 Å². The SMILES string of the molecule is CC(C)CNCc1ccnc(OC2CCC(C)CC2)c1. The van der Waals surface area contributed by atoms with Crippen LogP contribution in [0.25, 0.3) is 0 Å². The summed E-state index contributed by atoms with van der Waals surface area (Å²) in [6, 6.07) is 4.13. The van der Waals surface area contributed by atoms with E-state index in [2.05, 4.69) is 43.2 Å². The van der Waals surface area contributed by atoms with Gasteiger partial charge in [-0.3, -0.25) is 0 Å². The Morgan fingerprint density at radius 1 is 1.30 bits per heavy atom. The standard InChI is InChI=1S/C17H28N2O/c1-13(2)11-18-12-15-8-9-19-17(10-15)20-16-6-4-14(3)5-7-16/h8-10,13-14,16,18H,4-7,11-12H2,1-3H3. The summed E-state index contributed by atoms with van der Waals surface area (Å²) in [5.74, 6) is 2.32. The molecule has 0 amide bonds. The van der Waals surface area contributed by atoms with E-state index in [1.54, 1.807) is 0 Å². The van der Waals surface area contributed by atoms with E-state index in [1.807, 2.05) is 6.20 Å². The number of nitrogens with one attached hydrogen (secondary N) is 1. The molecule has 1 aliphatic carbocycles. The molecule has 0 spiro atoms. The third-order valence-corrected chi connectivity index (χ3v) is 3.93. The smallest absolute Gasteiger partial charge is 0.213 e. The van der Waals surface area contributed by atoms with Gasteiger partial charge >= 0.3 is 0 Å². The molecule has 0 bridgehead atoms. The molecule has 2 rings (SSSR count). The van der Waals surface area contributed by atoms with E-state index in [1.165, 1.54) is 31.2 Å². The van der Waals surface area contributed by atoms with Crippen LogP contribution in [-0.2, 0) is 6.54 Å². The van der Waals surface area contributed by atoms with E-state index in [4.69, 9.17) is 4.74 Å². The van der Waals surface area contributed by atoms with E-state index < -0.39 is 0 Å². The van der Waals surface area contributed by atoms with E-state index in [0.29, 0.717) is 12.0 Å². The molecule has 1 saturated carbocycles. The molecule has 0 aliphatic heterocycles. The van der Waals surface area contributed by atoms with Gasteiger partial charge in [-0.1, -0.05) is 20.8 Å². The predicted molar refractivity (Wildman–Crippen MR) is 82.8 cm³/mol. The lowest BCUT2D eigenvalue weighted by molar-refractivity contribution is 0.130. The number of hydrogen-bond donors (Lipinski definition) is 1. The minimum atomic E-state index is 0.359. The summed E-state index contributed by atoms with van der Waals surface area (Å²) in [4.78, 5) is 4.35. The normalized spacial score (nSPS) is 23.0. The zero-order chi connectivity index (χ0) is 14.4. The van der Waals surface area contributed by atoms with Crippen molar-refractivity contribution in [2.24, 2.45) is 11.8 Å². The highest BCUT2D eigenvalue weighted by Crippen LogP contribution is 2.26. The predicted octanol–water partition coefficient (Wildman–Crippen LogP) is 3.78. The van der Waals surface area contributed by atoms with Gasteiger partial charge < -0.3 is 10.1 Å². The molecule has 0 unspecified atom stereocenters. The van der Waals surface area contributed by atoms with Crippen LogP contribution in [0.3, 0.4) is 0 Å². The Hall–Kier alpha value is -1.09.